The van der Waals surface area contributed by atoms with Gasteiger partial charge in [-0.15, -0.1) is 0 Å². The number of rotatable bonds is 10. The van der Waals surface area contributed by atoms with Gasteiger partial charge in [-0.2, -0.15) is 0 Å². The summed E-state index contributed by atoms with van der Waals surface area (Å²) < 4.78 is 29.0. The highest BCUT2D eigenvalue weighted by atomic mass is 28.4. The number of methoxy groups -OCH3 is 2. The summed E-state index contributed by atoms with van der Waals surface area (Å²) in [5.41, 5.74) is 7.54. The van der Waals surface area contributed by atoms with Crippen LogP contribution in [0.4, 0.5) is 0 Å². The van der Waals surface area contributed by atoms with Crippen molar-refractivity contribution in [2.45, 2.75) is 232 Å². The molecule has 22 nitrogen and oxygen atoms in total. The van der Waals surface area contributed by atoms with E-state index in [1.165, 1.54) is 22.2 Å². The molecule has 0 spiro atoms. The molecule has 518 valence electrons. The zero-order valence-electron chi connectivity index (χ0n) is 57.6. The van der Waals surface area contributed by atoms with Crippen LogP contribution in [0.15, 0.2) is 72.8 Å². The lowest BCUT2D eigenvalue weighted by atomic mass is 9.96. The fraction of sp³-hybridized carbons (Fsp3) is 0.657. The molecule has 7 N–H and O–H groups in total. The maximum Gasteiger partial charge on any atom is 0.324 e. The monoisotopic (exact) mass is 1310 g/mol. The molecule has 2 fully saturated rings. The minimum atomic E-state index is -2.13. The van der Waals surface area contributed by atoms with E-state index in [2.05, 4.69) is 90.3 Å². The molecule has 0 saturated carbocycles. The molecule has 93 heavy (non-hydrogen) atoms. The summed E-state index contributed by atoms with van der Waals surface area (Å²) in [6.07, 6.45) is 17.9. The largest absolute Gasteiger partial charge is 0.543 e. The third kappa shape index (κ3) is 24.6. The van der Waals surface area contributed by atoms with Crippen molar-refractivity contribution in [1.82, 2.24) is 42.1 Å². The standard InChI is InChI=1S/C38H62N4O7Si.C32H48N4O7/c1-26(2)33-35(44)39-31(25-28-18-16-19-29(24-28)49-50(8,9)38(4,5)6)36(45)42-22-17-20-30(41-42)37(46)48-23-15-13-11-10-12-14-21-32(47-7)27(3)34(43)40-33;1-21(2)28-30(39)33-26(20-23-13-11-14-24(37)19-23)31(40)36-17-12-15-25(35-36)32(41)43-18-10-8-6-5-7-9-16-27(42-4)22(3)29(38)34-28/h10,12,16,18-19,24,26-27,30-33,41H,11,13-15,17,20-23,25H2,1-9H3,(H,39,44)(H,40,43);5,7,11,13-14,19,21-22,25-28,35,37H,6,8-10,12,15-18,20H2,1-4H3,(H,33,39)(H,34,38)/b12-10+;7-5+/t27-,30+,31+,32-,33+;22-,25+,26+,27-,28+/m11/s1. The second-order valence-electron chi connectivity index (χ2n) is 27.3. The van der Waals surface area contributed by atoms with Gasteiger partial charge in [-0.05, 0) is 155 Å². The zero-order chi connectivity index (χ0) is 68.4. The highest BCUT2D eigenvalue weighted by molar-refractivity contribution is 6.74. The van der Waals surface area contributed by atoms with Crippen molar-refractivity contribution in [3.63, 3.8) is 0 Å². The predicted molar refractivity (Wildman–Crippen MR) is 359 cm³/mol. The van der Waals surface area contributed by atoms with Crippen LogP contribution >= 0.6 is 0 Å². The van der Waals surface area contributed by atoms with Gasteiger partial charge in [0.15, 0.2) is 0 Å². The van der Waals surface area contributed by atoms with Crippen LogP contribution in [0.25, 0.3) is 0 Å². The molecule has 4 aliphatic heterocycles. The van der Waals surface area contributed by atoms with Crippen LogP contribution in [-0.4, -0.2) is 160 Å². The van der Waals surface area contributed by atoms with E-state index in [0.717, 1.165) is 62.7 Å². The second-order valence-corrected chi connectivity index (χ2v) is 32.1. The maximum atomic E-state index is 14.2. The van der Waals surface area contributed by atoms with Gasteiger partial charge >= 0.3 is 11.9 Å². The molecule has 2 aromatic rings. The molecule has 0 unspecified atom stereocenters. The molecular formula is C70H110N8O14Si. The number of amides is 6. The lowest BCUT2D eigenvalue weighted by Crippen LogP contribution is -2.62. The van der Waals surface area contributed by atoms with Gasteiger partial charge in [-0.1, -0.05) is 111 Å². The van der Waals surface area contributed by atoms with E-state index in [9.17, 15) is 43.5 Å². The van der Waals surface area contributed by atoms with Crippen LogP contribution in [0, 0.1) is 23.7 Å². The quantitative estimate of drug-likeness (QED) is 0.0670. The van der Waals surface area contributed by atoms with Crippen LogP contribution in [-0.2, 0) is 70.1 Å². The molecule has 0 aromatic heterocycles. The summed E-state index contributed by atoms with van der Waals surface area (Å²) in [6.45, 7) is 23.2. The zero-order valence-corrected chi connectivity index (χ0v) is 58.6. The average Bonchev–Trinajstić information content (AvgIpc) is 0.965. The summed E-state index contributed by atoms with van der Waals surface area (Å²) in [6, 6.07) is 8.99. The molecule has 6 rings (SSSR count). The van der Waals surface area contributed by atoms with Crippen molar-refractivity contribution in [2.75, 3.05) is 40.5 Å². The van der Waals surface area contributed by atoms with Crippen molar-refractivity contribution < 1.29 is 66.8 Å². The number of ether oxygens (including phenoxy) is 4. The Labute approximate surface area is 553 Å². The van der Waals surface area contributed by atoms with Crippen molar-refractivity contribution in [1.29, 1.82) is 0 Å². The van der Waals surface area contributed by atoms with E-state index in [4.69, 9.17) is 23.4 Å². The van der Waals surface area contributed by atoms with Gasteiger partial charge in [-0.3, -0.25) is 48.4 Å². The van der Waals surface area contributed by atoms with E-state index >= 15 is 0 Å². The van der Waals surface area contributed by atoms with Crippen LogP contribution in [0.1, 0.15) is 163 Å². The first-order valence-corrected chi connectivity index (χ1v) is 36.7. The number of hydrogen-bond acceptors (Lipinski definition) is 16. The summed E-state index contributed by atoms with van der Waals surface area (Å²) in [4.78, 5) is 108. The number of hydrazine groups is 2. The predicted octanol–water partition coefficient (Wildman–Crippen LogP) is 8.22. The summed E-state index contributed by atoms with van der Waals surface area (Å²) in [5.74, 6) is -3.91. The molecule has 10 atom stereocenters. The SMILES string of the molecule is CO[C@@H]1CC/C=C/CCCCOC(=O)[C@@H]2CCCN(N2)C(=O)[C@H](Cc2cccc(O)c2)NC(=O)[C@H](C(C)C)NC(=O)[C@@H]1C.CO[C@@H]1CC/C=C/CCCCOC(=O)[C@@H]2CCCN(N2)C(=O)[C@H](Cc2cccc(O[Si](C)(C)C(C)(C)C)c2)NC(=O)[C@H](C(C)C)NC(=O)[C@@H]1C. The minimum Gasteiger partial charge on any atom is -0.543 e. The van der Waals surface area contributed by atoms with Crippen molar-refractivity contribution in [3.8, 4) is 11.5 Å². The van der Waals surface area contributed by atoms with Gasteiger partial charge in [0.2, 0.25) is 31.9 Å². The fourth-order valence-electron chi connectivity index (χ4n) is 11.3. The number of fused-ring (bicyclic) bond motifs is 4. The number of nitrogens with zero attached hydrogens (tertiary/aromatic N) is 2. The van der Waals surface area contributed by atoms with Crippen LogP contribution < -0.4 is 36.5 Å². The smallest absolute Gasteiger partial charge is 0.324 e. The third-order valence-corrected chi connectivity index (χ3v) is 22.6. The second kappa shape index (κ2) is 38.0. The number of cyclic esters (lactones) is 2. The molecule has 2 aromatic carbocycles. The Morgan fingerprint density at radius 3 is 1.39 bits per heavy atom. The third-order valence-electron chi connectivity index (χ3n) is 18.2. The van der Waals surface area contributed by atoms with Crippen LogP contribution in [0.3, 0.4) is 0 Å². The topological polar surface area (TPSA) is 282 Å². The molecule has 23 heteroatoms. The molecule has 0 radical (unpaired) electrons. The number of carbonyl (C=O) groups excluding carboxylic acids is 8. The number of aromatic hydroxyl groups is 1. The van der Waals surface area contributed by atoms with Gasteiger partial charge < -0.3 is 49.7 Å². The van der Waals surface area contributed by atoms with Gasteiger partial charge in [0.1, 0.15) is 47.8 Å². The Morgan fingerprint density at radius 2 is 0.978 bits per heavy atom. The first-order chi connectivity index (χ1) is 44.1. The Bertz CT molecular complexity index is 2830. The minimum absolute atomic E-state index is 0.00327. The van der Waals surface area contributed by atoms with Crippen molar-refractivity contribution in [3.05, 3.63) is 84.0 Å². The van der Waals surface area contributed by atoms with E-state index in [-0.39, 0.29) is 65.4 Å². The van der Waals surface area contributed by atoms with Crippen molar-refractivity contribution >= 4 is 55.7 Å². The number of esters is 2. The normalized spacial score (nSPS) is 27.3. The summed E-state index contributed by atoms with van der Waals surface area (Å²) in [7, 11) is 1.04. The Morgan fingerprint density at radius 1 is 0.559 bits per heavy atom. The molecule has 2 saturated heterocycles. The Balaban J connectivity index is 0.000000341. The number of allylic oxidation sites excluding steroid dienone is 4. The molecule has 6 amide bonds. The summed E-state index contributed by atoms with van der Waals surface area (Å²) in [5, 5.41) is 24.5. The van der Waals surface area contributed by atoms with E-state index < -0.39 is 86.1 Å². The highest BCUT2D eigenvalue weighted by Gasteiger charge is 2.41. The molecule has 0 aliphatic carbocycles. The van der Waals surface area contributed by atoms with Gasteiger partial charge in [-0.25, -0.2) is 10.9 Å². The number of nitrogens with one attached hydrogen (secondary N) is 6. The van der Waals surface area contributed by atoms with E-state index in [1.807, 2.05) is 58.9 Å². The maximum absolute atomic E-state index is 14.2. The van der Waals surface area contributed by atoms with Crippen molar-refractivity contribution in [2.24, 2.45) is 23.7 Å². The van der Waals surface area contributed by atoms with Crippen LogP contribution in [0.2, 0.25) is 18.1 Å². The highest BCUT2D eigenvalue weighted by Crippen LogP contribution is 2.37. The Hall–Kier alpha value is -6.66. The van der Waals surface area contributed by atoms with E-state index in [0.29, 0.717) is 70.4 Å². The first kappa shape index (κ1) is 77.0. The molecule has 4 aliphatic rings. The Kier molecular flexibility index (Phi) is 31.5. The number of phenols is 1. The lowest BCUT2D eigenvalue weighted by Gasteiger charge is -2.36. The number of hydrogen-bond donors (Lipinski definition) is 7. The first-order valence-electron chi connectivity index (χ1n) is 33.8. The summed E-state index contributed by atoms with van der Waals surface area (Å²) >= 11 is 0. The number of carbonyl (C=O) groups is 8. The molecule has 4 bridgehead atoms. The number of benzene rings is 2. The van der Waals surface area contributed by atoms with Gasteiger partial charge in [0.05, 0.1) is 37.3 Å². The van der Waals surface area contributed by atoms with Crippen LogP contribution in [0.5, 0.6) is 11.5 Å². The fourth-order valence-corrected chi connectivity index (χ4v) is 12.3. The van der Waals surface area contributed by atoms with Gasteiger partial charge in [0, 0.05) is 40.2 Å². The van der Waals surface area contributed by atoms with Gasteiger partial charge in [0.25, 0.3) is 11.8 Å². The molecule has 4 heterocycles. The average molecular weight is 1320 g/mol. The van der Waals surface area contributed by atoms with E-state index in [1.54, 1.807) is 33.3 Å². The lowest BCUT2D eigenvalue weighted by molar-refractivity contribution is -0.154. The number of phenolic OH excluding ortho intramolecular Hbond substituents is 1. The molecular weight excluding hydrogens is 1200 g/mol.